The summed E-state index contributed by atoms with van der Waals surface area (Å²) in [6, 6.07) is 17.2. The summed E-state index contributed by atoms with van der Waals surface area (Å²) in [5, 5.41) is 4.41. The summed E-state index contributed by atoms with van der Waals surface area (Å²) in [6.45, 7) is 0.660. The topological polar surface area (TPSA) is 21.3 Å². The number of benzene rings is 2. The van der Waals surface area contributed by atoms with Crippen LogP contribution in [-0.2, 0) is 11.3 Å². The molecule has 1 fully saturated rings. The Bertz CT molecular complexity index is 590. The number of halogens is 1. The van der Waals surface area contributed by atoms with Crippen molar-refractivity contribution in [3.63, 3.8) is 0 Å². The van der Waals surface area contributed by atoms with Gasteiger partial charge in [-0.15, -0.1) is 0 Å². The monoisotopic (exact) mass is 301 g/mol. The van der Waals surface area contributed by atoms with Crippen LogP contribution in [0, 0.1) is 0 Å². The maximum Gasteiger partial charge on any atom is 0.0713 e. The molecule has 0 bridgehead atoms. The lowest BCUT2D eigenvalue weighted by molar-refractivity contribution is 0.185. The zero-order valence-electron chi connectivity index (χ0n) is 12.2. The van der Waals surface area contributed by atoms with Crippen LogP contribution < -0.4 is 5.32 Å². The van der Waals surface area contributed by atoms with Gasteiger partial charge < -0.3 is 10.1 Å². The summed E-state index contributed by atoms with van der Waals surface area (Å²) in [5.74, 6) is 0.655. The molecule has 21 heavy (non-hydrogen) atoms. The Kier molecular flexibility index (Phi) is 4.47. The summed E-state index contributed by atoms with van der Waals surface area (Å²) >= 11 is 5.93. The molecule has 0 aromatic heterocycles. The van der Waals surface area contributed by atoms with Crippen molar-refractivity contribution in [3.8, 4) is 0 Å². The number of hydrogen-bond acceptors (Lipinski definition) is 2. The van der Waals surface area contributed by atoms with Crippen LogP contribution in [-0.4, -0.2) is 13.2 Å². The number of anilines is 1. The lowest BCUT2D eigenvalue weighted by Gasteiger charge is -2.37. The van der Waals surface area contributed by atoms with E-state index in [9.17, 15) is 0 Å². The molecule has 3 heteroatoms. The minimum Gasteiger partial charge on any atom is -0.382 e. The molecular formula is C18H20ClNO. The molecule has 2 aromatic rings. The average Bonchev–Trinajstić information content (AvgIpc) is 2.45. The maximum absolute atomic E-state index is 5.93. The Morgan fingerprint density at radius 3 is 2.62 bits per heavy atom. The van der Waals surface area contributed by atoms with Gasteiger partial charge in [-0.2, -0.15) is 0 Å². The summed E-state index contributed by atoms with van der Waals surface area (Å²) in [4.78, 5) is 0. The predicted molar refractivity (Wildman–Crippen MR) is 88.0 cm³/mol. The fourth-order valence-electron chi connectivity index (χ4n) is 2.90. The number of ether oxygens (including phenoxy) is 1. The first-order valence-corrected chi connectivity index (χ1v) is 7.72. The van der Waals surface area contributed by atoms with E-state index in [1.807, 2.05) is 12.1 Å². The maximum atomic E-state index is 5.93. The van der Waals surface area contributed by atoms with Crippen molar-refractivity contribution in [2.45, 2.75) is 31.4 Å². The van der Waals surface area contributed by atoms with Gasteiger partial charge in [0.05, 0.1) is 6.61 Å². The molecule has 0 saturated heterocycles. The zero-order chi connectivity index (χ0) is 14.7. The van der Waals surface area contributed by atoms with Crippen molar-refractivity contribution in [1.82, 2.24) is 0 Å². The van der Waals surface area contributed by atoms with Crippen LogP contribution in [0.2, 0.25) is 5.02 Å². The lowest BCUT2D eigenvalue weighted by Crippen LogP contribution is -2.33. The van der Waals surface area contributed by atoms with E-state index in [-0.39, 0.29) is 0 Å². The minimum atomic E-state index is 0.559. The van der Waals surface area contributed by atoms with Gasteiger partial charge >= 0.3 is 0 Å². The van der Waals surface area contributed by atoms with E-state index in [2.05, 4.69) is 41.7 Å². The molecule has 1 N–H and O–H groups in total. The van der Waals surface area contributed by atoms with Crippen LogP contribution in [0.5, 0.6) is 0 Å². The molecule has 3 rings (SSSR count). The highest BCUT2D eigenvalue weighted by Gasteiger charge is 2.30. The molecule has 2 nitrogen and oxygen atoms in total. The first-order chi connectivity index (χ1) is 10.2. The van der Waals surface area contributed by atoms with Gasteiger partial charge in [-0.25, -0.2) is 0 Å². The number of nitrogens with one attached hydrogen (secondary N) is 1. The van der Waals surface area contributed by atoms with Gasteiger partial charge in [0.15, 0.2) is 0 Å². The molecule has 1 aliphatic carbocycles. The highest BCUT2D eigenvalue weighted by molar-refractivity contribution is 6.30. The van der Waals surface area contributed by atoms with Gasteiger partial charge in [0.1, 0.15) is 0 Å². The molecule has 0 amide bonds. The van der Waals surface area contributed by atoms with Gasteiger partial charge in [0, 0.05) is 23.9 Å². The first kappa shape index (κ1) is 14.4. The highest BCUT2D eigenvalue weighted by Crippen LogP contribution is 2.38. The zero-order valence-corrected chi connectivity index (χ0v) is 12.9. The van der Waals surface area contributed by atoms with Crippen molar-refractivity contribution < 1.29 is 4.74 Å². The lowest BCUT2D eigenvalue weighted by atomic mass is 9.76. The molecule has 2 aromatic carbocycles. The summed E-state index contributed by atoms with van der Waals surface area (Å²) in [7, 11) is 1.72. The molecule has 0 radical (unpaired) electrons. The molecule has 1 saturated carbocycles. The third-order valence-corrected chi connectivity index (χ3v) is 4.34. The largest absolute Gasteiger partial charge is 0.382 e. The Hall–Kier alpha value is -1.51. The van der Waals surface area contributed by atoms with Crippen LogP contribution in [0.25, 0.3) is 0 Å². The normalized spacial score (nSPS) is 20.9. The van der Waals surface area contributed by atoms with Gasteiger partial charge in [-0.05, 0) is 54.2 Å². The molecule has 0 spiro atoms. The van der Waals surface area contributed by atoms with Crippen LogP contribution in [0.3, 0.4) is 0 Å². The highest BCUT2D eigenvalue weighted by atomic mass is 35.5. The van der Waals surface area contributed by atoms with Crippen molar-refractivity contribution in [2.75, 3.05) is 12.4 Å². The Morgan fingerprint density at radius 1 is 1.14 bits per heavy atom. The Morgan fingerprint density at radius 2 is 1.90 bits per heavy atom. The van der Waals surface area contributed by atoms with E-state index in [1.54, 1.807) is 7.11 Å². The van der Waals surface area contributed by atoms with Gasteiger partial charge in [-0.1, -0.05) is 35.9 Å². The van der Waals surface area contributed by atoms with Gasteiger partial charge in [0.2, 0.25) is 0 Å². The number of hydrogen-bond donors (Lipinski definition) is 1. The SMILES string of the molecule is COCc1cccc(NC2CC(c3ccc(Cl)cc3)C2)c1. The summed E-state index contributed by atoms with van der Waals surface area (Å²) < 4.78 is 5.17. The van der Waals surface area contributed by atoms with E-state index < -0.39 is 0 Å². The minimum absolute atomic E-state index is 0.559. The van der Waals surface area contributed by atoms with Crippen molar-refractivity contribution in [1.29, 1.82) is 0 Å². The standard InChI is InChI=1S/C18H20ClNO/c1-21-12-13-3-2-4-17(9-13)20-18-10-15(11-18)14-5-7-16(19)8-6-14/h2-9,15,18,20H,10-12H2,1H3. The van der Waals surface area contributed by atoms with Crippen molar-refractivity contribution in [3.05, 3.63) is 64.7 Å². The van der Waals surface area contributed by atoms with Crippen LogP contribution in [0.4, 0.5) is 5.69 Å². The van der Waals surface area contributed by atoms with Gasteiger partial charge in [0.25, 0.3) is 0 Å². The van der Waals surface area contributed by atoms with Crippen molar-refractivity contribution >= 4 is 17.3 Å². The van der Waals surface area contributed by atoms with E-state index >= 15 is 0 Å². The van der Waals surface area contributed by atoms with E-state index in [1.165, 1.54) is 29.7 Å². The Balaban J connectivity index is 1.55. The number of rotatable bonds is 5. The second-order valence-corrected chi connectivity index (χ2v) is 6.13. The van der Waals surface area contributed by atoms with Crippen LogP contribution in [0.15, 0.2) is 48.5 Å². The fraction of sp³-hybridized carbons (Fsp3) is 0.333. The molecular weight excluding hydrogens is 282 g/mol. The third-order valence-electron chi connectivity index (χ3n) is 4.09. The molecule has 0 atom stereocenters. The predicted octanol–water partition coefficient (Wildman–Crippen LogP) is 4.84. The van der Waals surface area contributed by atoms with Crippen molar-refractivity contribution in [2.24, 2.45) is 0 Å². The molecule has 0 heterocycles. The van der Waals surface area contributed by atoms with Crippen LogP contribution in [0.1, 0.15) is 29.9 Å². The summed E-state index contributed by atoms with van der Waals surface area (Å²) in [5.41, 5.74) is 3.78. The van der Waals surface area contributed by atoms with Gasteiger partial charge in [-0.3, -0.25) is 0 Å². The average molecular weight is 302 g/mol. The first-order valence-electron chi connectivity index (χ1n) is 7.34. The third kappa shape index (κ3) is 3.58. The fourth-order valence-corrected chi connectivity index (χ4v) is 3.02. The van der Waals surface area contributed by atoms with E-state index in [4.69, 9.17) is 16.3 Å². The van der Waals surface area contributed by atoms with E-state index in [0.29, 0.717) is 18.6 Å². The molecule has 0 aliphatic heterocycles. The number of methoxy groups -OCH3 is 1. The Labute approximate surface area is 131 Å². The second-order valence-electron chi connectivity index (χ2n) is 5.69. The molecule has 0 unspecified atom stereocenters. The second kappa shape index (κ2) is 6.50. The quantitative estimate of drug-likeness (QED) is 0.853. The molecule has 1 aliphatic rings. The van der Waals surface area contributed by atoms with Crippen LogP contribution >= 0.6 is 11.6 Å². The molecule has 110 valence electrons. The van der Waals surface area contributed by atoms with E-state index in [0.717, 1.165) is 5.02 Å². The smallest absolute Gasteiger partial charge is 0.0713 e. The summed E-state index contributed by atoms with van der Waals surface area (Å²) in [6.07, 6.45) is 2.35.